The first-order valence-corrected chi connectivity index (χ1v) is 5.74. The molecule has 90 valence electrons. The lowest BCUT2D eigenvalue weighted by molar-refractivity contribution is 0.0109. The molecule has 2 N–H and O–H groups in total. The minimum Gasteiger partial charge on any atom is -0.389 e. The Morgan fingerprint density at radius 1 is 1.25 bits per heavy atom. The SMILES string of the molecule is Cl.OC1(Cc2ccccc2Cl)CCNCC1. The molecule has 0 aromatic heterocycles. The van der Waals surface area contributed by atoms with Crippen molar-refractivity contribution in [2.45, 2.75) is 24.9 Å². The van der Waals surface area contributed by atoms with Crippen LogP contribution in [-0.2, 0) is 6.42 Å². The summed E-state index contributed by atoms with van der Waals surface area (Å²) in [6.45, 7) is 1.78. The highest BCUT2D eigenvalue weighted by molar-refractivity contribution is 6.31. The van der Waals surface area contributed by atoms with Gasteiger partial charge in [-0.3, -0.25) is 0 Å². The summed E-state index contributed by atoms with van der Waals surface area (Å²) in [6.07, 6.45) is 2.27. The van der Waals surface area contributed by atoms with E-state index < -0.39 is 5.60 Å². The maximum Gasteiger partial charge on any atom is 0.0712 e. The number of benzene rings is 1. The van der Waals surface area contributed by atoms with Gasteiger partial charge in [-0.1, -0.05) is 29.8 Å². The summed E-state index contributed by atoms with van der Waals surface area (Å²) in [4.78, 5) is 0. The molecule has 2 rings (SSSR count). The first-order valence-electron chi connectivity index (χ1n) is 5.36. The van der Waals surface area contributed by atoms with Crippen molar-refractivity contribution in [2.24, 2.45) is 0 Å². The van der Waals surface area contributed by atoms with E-state index in [-0.39, 0.29) is 12.4 Å². The van der Waals surface area contributed by atoms with Gasteiger partial charge in [0.25, 0.3) is 0 Å². The zero-order valence-corrected chi connectivity index (χ0v) is 10.7. The molecule has 16 heavy (non-hydrogen) atoms. The minimum atomic E-state index is -0.573. The molecular weight excluding hydrogens is 245 g/mol. The molecule has 0 amide bonds. The number of rotatable bonds is 2. The summed E-state index contributed by atoms with van der Waals surface area (Å²) >= 11 is 6.08. The molecule has 4 heteroatoms. The third kappa shape index (κ3) is 3.36. The molecule has 1 aromatic carbocycles. The zero-order chi connectivity index (χ0) is 10.7. The van der Waals surface area contributed by atoms with E-state index in [0.29, 0.717) is 6.42 Å². The molecule has 1 aliphatic heterocycles. The van der Waals surface area contributed by atoms with Crippen LogP contribution in [0.3, 0.4) is 0 Å². The fourth-order valence-electron chi connectivity index (χ4n) is 2.07. The van der Waals surface area contributed by atoms with Crippen LogP contribution < -0.4 is 5.32 Å². The molecular formula is C12H17Cl2NO. The van der Waals surface area contributed by atoms with Gasteiger partial charge in [-0.15, -0.1) is 12.4 Å². The Morgan fingerprint density at radius 2 is 1.88 bits per heavy atom. The highest BCUT2D eigenvalue weighted by Crippen LogP contribution is 2.26. The van der Waals surface area contributed by atoms with Crippen LogP contribution in [0, 0.1) is 0 Å². The molecule has 0 radical (unpaired) electrons. The monoisotopic (exact) mass is 261 g/mol. The summed E-state index contributed by atoms with van der Waals surface area (Å²) in [5.41, 5.74) is 0.472. The molecule has 0 spiro atoms. The fraction of sp³-hybridized carbons (Fsp3) is 0.500. The highest BCUT2D eigenvalue weighted by atomic mass is 35.5. The lowest BCUT2D eigenvalue weighted by atomic mass is 9.86. The summed E-state index contributed by atoms with van der Waals surface area (Å²) in [5.74, 6) is 0. The molecule has 0 atom stereocenters. The van der Waals surface area contributed by atoms with Crippen LogP contribution in [0.1, 0.15) is 18.4 Å². The van der Waals surface area contributed by atoms with Crippen molar-refractivity contribution < 1.29 is 5.11 Å². The van der Waals surface area contributed by atoms with Crippen LogP contribution in [0.25, 0.3) is 0 Å². The Kier molecular flexibility index (Phi) is 5.06. The van der Waals surface area contributed by atoms with E-state index in [0.717, 1.165) is 36.5 Å². The van der Waals surface area contributed by atoms with Crippen molar-refractivity contribution in [2.75, 3.05) is 13.1 Å². The molecule has 1 aliphatic rings. The van der Waals surface area contributed by atoms with Crippen LogP contribution in [0.2, 0.25) is 5.02 Å². The lowest BCUT2D eigenvalue weighted by Crippen LogP contribution is -2.43. The van der Waals surface area contributed by atoms with Gasteiger partial charge in [-0.05, 0) is 37.6 Å². The van der Waals surface area contributed by atoms with Crippen molar-refractivity contribution in [3.63, 3.8) is 0 Å². The predicted octanol–water partition coefficient (Wildman–Crippen LogP) is 2.42. The van der Waals surface area contributed by atoms with Gasteiger partial charge in [-0.25, -0.2) is 0 Å². The van der Waals surface area contributed by atoms with Crippen molar-refractivity contribution in [1.82, 2.24) is 5.32 Å². The fourth-order valence-corrected chi connectivity index (χ4v) is 2.27. The molecule has 1 saturated heterocycles. The van der Waals surface area contributed by atoms with Gasteiger partial charge in [0, 0.05) is 11.4 Å². The molecule has 0 saturated carbocycles. The Bertz CT molecular complexity index is 338. The zero-order valence-electron chi connectivity index (χ0n) is 9.08. The molecule has 0 aliphatic carbocycles. The normalized spacial score (nSPS) is 18.9. The quantitative estimate of drug-likeness (QED) is 0.857. The van der Waals surface area contributed by atoms with Gasteiger partial charge in [0.05, 0.1) is 5.60 Å². The summed E-state index contributed by atoms with van der Waals surface area (Å²) < 4.78 is 0. The number of hydrogen-bond donors (Lipinski definition) is 2. The average Bonchev–Trinajstić information content (AvgIpc) is 2.22. The predicted molar refractivity (Wildman–Crippen MR) is 69.5 cm³/mol. The summed E-state index contributed by atoms with van der Waals surface area (Å²) in [5, 5.41) is 14.4. The van der Waals surface area contributed by atoms with Gasteiger partial charge < -0.3 is 10.4 Å². The average molecular weight is 262 g/mol. The Hall–Kier alpha value is -0.280. The third-order valence-corrected chi connectivity index (χ3v) is 3.38. The Balaban J connectivity index is 0.00000128. The first-order chi connectivity index (χ1) is 7.20. The number of piperidine rings is 1. The van der Waals surface area contributed by atoms with Crippen LogP contribution >= 0.6 is 24.0 Å². The second-order valence-electron chi connectivity index (χ2n) is 4.24. The number of aliphatic hydroxyl groups is 1. The van der Waals surface area contributed by atoms with E-state index in [9.17, 15) is 5.11 Å². The van der Waals surface area contributed by atoms with E-state index in [1.807, 2.05) is 24.3 Å². The second-order valence-corrected chi connectivity index (χ2v) is 4.65. The molecule has 1 aromatic rings. The van der Waals surface area contributed by atoms with E-state index >= 15 is 0 Å². The highest BCUT2D eigenvalue weighted by Gasteiger charge is 2.29. The molecule has 1 fully saturated rings. The minimum absolute atomic E-state index is 0. The van der Waals surface area contributed by atoms with Crippen molar-refractivity contribution in [1.29, 1.82) is 0 Å². The van der Waals surface area contributed by atoms with Crippen LogP contribution in [0.5, 0.6) is 0 Å². The molecule has 2 nitrogen and oxygen atoms in total. The van der Waals surface area contributed by atoms with Crippen molar-refractivity contribution in [3.8, 4) is 0 Å². The van der Waals surface area contributed by atoms with Gasteiger partial charge in [-0.2, -0.15) is 0 Å². The summed E-state index contributed by atoms with van der Waals surface area (Å²) in [6, 6.07) is 7.74. The van der Waals surface area contributed by atoms with Crippen LogP contribution in [0.4, 0.5) is 0 Å². The number of halogens is 2. The topological polar surface area (TPSA) is 32.3 Å². The van der Waals surface area contributed by atoms with Crippen LogP contribution in [0.15, 0.2) is 24.3 Å². The first kappa shape index (κ1) is 13.8. The van der Waals surface area contributed by atoms with Gasteiger partial charge in [0.2, 0.25) is 0 Å². The molecule has 0 bridgehead atoms. The number of nitrogens with one attached hydrogen (secondary N) is 1. The maximum absolute atomic E-state index is 10.4. The lowest BCUT2D eigenvalue weighted by Gasteiger charge is -2.32. The third-order valence-electron chi connectivity index (χ3n) is 3.01. The van der Waals surface area contributed by atoms with E-state index in [4.69, 9.17) is 11.6 Å². The number of hydrogen-bond acceptors (Lipinski definition) is 2. The Morgan fingerprint density at radius 3 is 2.50 bits per heavy atom. The van der Waals surface area contributed by atoms with Gasteiger partial charge >= 0.3 is 0 Å². The Labute approximate surface area is 107 Å². The smallest absolute Gasteiger partial charge is 0.0712 e. The van der Waals surface area contributed by atoms with E-state index in [2.05, 4.69) is 5.32 Å². The second kappa shape index (κ2) is 5.87. The summed E-state index contributed by atoms with van der Waals surface area (Å²) in [7, 11) is 0. The largest absolute Gasteiger partial charge is 0.389 e. The molecule has 1 heterocycles. The van der Waals surface area contributed by atoms with Gasteiger partial charge in [0.15, 0.2) is 0 Å². The van der Waals surface area contributed by atoms with Crippen LogP contribution in [-0.4, -0.2) is 23.8 Å². The molecule has 0 unspecified atom stereocenters. The van der Waals surface area contributed by atoms with Crippen molar-refractivity contribution in [3.05, 3.63) is 34.9 Å². The standard InChI is InChI=1S/C12H16ClNO.ClH/c13-11-4-2-1-3-10(11)9-12(15)5-7-14-8-6-12;/h1-4,14-15H,5-9H2;1H. The van der Waals surface area contributed by atoms with E-state index in [1.54, 1.807) is 0 Å². The van der Waals surface area contributed by atoms with E-state index in [1.165, 1.54) is 0 Å². The van der Waals surface area contributed by atoms with Gasteiger partial charge in [0.1, 0.15) is 0 Å². The van der Waals surface area contributed by atoms with Crippen molar-refractivity contribution >= 4 is 24.0 Å². The maximum atomic E-state index is 10.4.